The van der Waals surface area contributed by atoms with Gasteiger partial charge in [-0.25, -0.2) is 9.07 Å². The lowest BCUT2D eigenvalue weighted by atomic mass is 10.1. The minimum Gasteiger partial charge on any atom is -0.348 e. The number of benzene rings is 2. The highest BCUT2D eigenvalue weighted by Crippen LogP contribution is 2.17. The van der Waals surface area contributed by atoms with Crippen molar-refractivity contribution in [2.75, 3.05) is 0 Å². The number of hydrogen-bond donors (Lipinski definition) is 1. The quantitative estimate of drug-likeness (QED) is 0.798. The summed E-state index contributed by atoms with van der Waals surface area (Å²) >= 11 is 0. The number of para-hydroxylation sites is 1. The Hall–Kier alpha value is -2.95. The first-order chi connectivity index (χ1) is 11.6. The molecule has 2 aromatic carbocycles. The van der Waals surface area contributed by atoms with Gasteiger partial charge in [-0.3, -0.25) is 4.79 Å². The Bertz CT molecular complexity index is 854. The van der Waals surface area contributed by atoms with Crippen LogP contribution in [0.15, 0.2) is 54.6 Å². The lowest BCUT2D eigenvalue weighted by Gasteiger charge is -2.07. The number of rotatable bonds is 4. The van der Waals surface area contributed by atoms with Crippen molar-refractivity contribution < 1.29 is 9.18 Å². The van der Waals surface area contributed by atoms with Crippen LogP contribution < -0.4 is 5.32 Å². The van der Waals surface area contributed by atoms with Gasteiger partial charge in [-0.15, -0.1) is 0 Å². The van der Waals surface area contributed by atoms with Gasteiger partial charge in [0.25, 0.3) is 5.91 Å². The molecular weight excluding hydrogens is 305 g/mol. The van der Waals surface area contributed by atoms with Crippen molar-refractivity contribution in [3.63, 3.8) is 0 Å². The van der Waals surface area contributed by atoms with E-state index >= 15 is 0 Å². The summed E-state index contributed by atoms with van der Waals surface area (Å²) < 4.78 is 14.8. The Labute approximate surface area is 139 Å². The minimum absolute atomic E-state index is 0.235. The predicted octanol–water partition coefficient (Wildman–Crippen LogP) is 3.56. The summed E-state index contributed by atoms with van der Waals surface area (Å²) in [5, 5.41) is 7.42. The third-order valence-corrected chi connectivity index (χ3v) is 3.97. The van der Waals surface area contributed by atoms with Crippen LogP contribution in [0.3, 0.4) is 0 Å². The first-order valence-electron chi connectivity index (χ1n) is 7.70. The molecule has 3 rings (SSSR count). The van der Waals surface area contributed by atoms with Gasteiger partial charge in [0.05, 0.1) is 11.4 Å². The summed E-state index contributed by atoms with van der Waals surface area (Å²) in [5.74, 6) is -0.594. The van der Waals surface area contributed by atoms with Crippen LogP contribution in [0, 0.1) is 19.7 Å². The molecule has 0 bridgehead atoms. The van der Waals surface area contributed by atoms with Gasteiger partial charge in [-0.1, -0.05) is 18.2 Å². The summed E-state index contributed by atoms with van der Waals surface area (Å²) in [4.78, 5) is 12.2. The molecule has 1 amide bonds. The van der Waals surface area contributed by atoms with E-state index in [0.29, 0.717) is 12.1 Å². The number of halogens is 1. The summed E-state index contributed by atoms with van der Waals surface area (Å²) in [5.41, 5.74) is 4.25. The van der Waals surface area contributed by atoms with E-state index in [-0.39, 0.29) is 11.7 Å². The van der Waals surface area contributed by atoms with Crippen molar-refractivity contribution in [3.05, 3.63) is 82.9 Å². The molecule has 0 radical (unpaired) electrons. The fourth-order valence-electron chi connectivity index (χ4n) is 2.62. The first kappa shape index (κ1) is 15.9. The van der Waals surface area contributed by atoms with Crippen LogP contribution in [0.25, 0.3) is 5.69 Å². The van der Waals surface area contributed by atoms with Gasteiger partial charge in [0.2, 0.25) is 0 Å². The van der Waals surface area contributed by atoms with E-state index in [0.717, 1.165) is 22.6 Å². The van der Waals surface area contributed by atoms with Crippen LogP contribution >= 0.6 is 0 Å². The first-order valence-corrected chi connectivity index (χ1v) is 7.70. The SMILES string of the molecule is Cc1nn(-c2ccccc2)c(C)c1CNC(=O)c1ccc(F)cc1. The topological polar surface area (TPSA) is 46.9 Å². The Morgan fingerprint density at radius 1 is 1.08 bits per heavy atom. The number of nitrogens with zero attached hydrogens (tertiary/aromatic N) is 2. The second-order valence-electron chi connectivity index (χ2n) is 5.59. The molecular formula is C19H18FN3O. The standard InChI is InChI=1S/C19H18FN3O/c1-13-18(12-21-19(24)15-8-10-16(20)11-9-15)14(2)23(22-13)17-6-4-3-5-7-17/h3-11H,12H2,1-2H3,(H,21,24). The van der Waals surface area contributed by atoms with Gasteiger partial charge >= 0.3 is 0 Å². The number of aromatic nitrogens is 2. The smallest absolute Gasteiger partial charge is 0.251 e. The molecule has 0 aliphatic rings. The third-order valence-electron chi connectivity index (χ3n) is 3.97. The molecule has 0 saturated carbocycles. The Morgan fingerprint density at radius 2 is 1.75 bits per heavy atom. The van der Waals surface area contributed by atoms with Crippen LogP contribution in [0.5, 0.6) is 0 Å². The van der Waals surface area contributed by atoms with Gasteiger partial charge in [0, 0.05) is 23.4 Å². The summed E-state index contributed by atoms with van der Waals surface area (Å²) in [6.07, 6.45) is 0. The molecule has 0 fully saturated rings. The maximum absolute atomic E-state index is 12.9. The zero-order valence-electron chi connectivity index (χ0n) is 13.6. The number of amides is 1. The third kappa shape index (κ3) is 3.20. The molecule has 5 heteroatoms. The summed E-state index contributed by atoms with van der Waals surface area (Å²) in [6.45, 7) is 4.28. The van der Waals surface area contributed by atoms with Crippen molar-refractivity contribution in [1.29, 1.82) is 0 Å². The van der Waals surface area contributed by atoms with Crippen LogP contribution in [0.1, 0.15) is 27.3 Å². The van der Waals surface area contributed by atoms with Gasteiger partial charge in [-0.05, 0) is 50.2 Å². The van der Waals surface area contributed by atoms with E-state index in [2.05, 4.69) is 10.4 Å². The Balaban J connectivity index is 1.77. The average molecular weight is 323 g/mol. The highest BCUT2D eigenvalue weighted by Gasteiger charge is 2.14. The molecule has 122 valence electrons. The van der Waals surface area contributed by atoms with Gasteiger partial charge in [-0.2, -0.15) is 5.10 Å². The predicted molar refractivity (Wildman–Crippen MR) is 90.6 cm³/mol. The fraction of sp³-hybridized carbons (Fsp3) is 0.158. The van der Waals surface area contributed by atoms with E-state index in [9.17, 15) is 9.18 Å². The van der Waals surface area contributed by atoms with E-state index in [4.69, 9.17) is 0 Å². The molecule has 0 saturated heterocycles. The number of carbonyl (C=O) groups excluding carboxylic acids is 1. The van der Waals surface area contributed by atoms with Crippen LogP contribution in [-0.2, 0) is 6.54 Å². The zero-order chi connectivity index (χ0) is 17.1. The van der Waals surface area contributed by atoms with Crippen molar-refractivity contribution in [2.24, 2.45) is 0 Å². The maximum Gasteiger partial charge on any atom is 0.251 e. The summed E-state index contributed by atoms with van der Waals surface area (Å²) in [6, 6.07) is 15.3. The highest BCUT2D eigenvalue weighted by molar-refractivity contribution is 5.94. The maximum atomic E-state index is 12.9. The Morgan fingerprint density at radius 3 is 2.42 bits per heavy atom. The number of hydrogen-bond acceptors (Lipinski definition) is 2. The van der Waals surface area contributed by atoms with Gasteiger partial charge in [0.1, 0.15) is 5.82 Å². The van der Waals surface area contributed by atoms with E-state index in [1.165, 1.54) is 24.3 Å². The molecule has 0 spiro atoms. The molecule has 0 aliphatic carbocycles. The fourth-order valence-corrected chi connectivity index (χ4v) is 2.62. The average Bonchev–Trinajstić information content (AvgIpc) is 2.88. The van der Waals surface area contributed by atoms with Crippen molar-refractivity contribution in [1.82, 2.24) is 15.1 Å². The van der Waals surface area contributed by atoms with Gasteiger partial charge < -0.3 is 5.32 Å². The van der Waals surface area contributed by atoms with Crippen molar-refractivity contribution >= 4 is 5.91 Å². The largest absolute Gasteiger partial charge is 0.348 e. The minimum atomic E-state index is -0.359. The van der Waals surface area contributed by atoms with E-state index in [1.807, 2.05) is 48.9 Å². The molecule has 4 nitrogen and oxygen atoms in total. The molecule has 1 N–H and O–H groups in total. The molecule has 1 aromatic heterocycles. The zero-order valence-corrected chi connectivity index (χ0v) is 13.6. The Kier molecular flexibility index (Phi) is 4.42. The lowest BCUT2D eigenvalue weighted by molar-refractivity contribution is 0.0951. The number of nitrogens with one attached hydrogen (secondary N) is 1. The van der Waals surface area contributed by atoms with Crippen LogP contribution in [0.2, 0.25) is 0 Å². The molecule has 3 aromatic rings. The molecule has 0 atom stereocenters. The second kappa shape index (κ2) is 6.66. The monoisotopic (exact) mass is 323 g/mol. The second-order valence-corrected chi connectivity index (χ2v) is 5.59. The molecule has 0 unspecified atom stereocenters. The van der Waals surface area contributed by atoms with Crippen molar-refractivity contribution in [2.45, 2.75) is 20.4 Å². The van der Waals surface area contributed by atoms with Gasteiger partial charge in [0.15, 0.2) is 0 Å². The lowest BCUT2D eigenvalue weighted by Crippen LogP contribution is -2.23. The van der Waals surface area contributed by atoms with Crippen molar-refractivity contribution in [3.8, 4) is 5.69 Å². The summed E-state index contributed by atoms with van der Waals surface area (Å²) in [7, 11) is 0. The number of aryl methyl sites for hydroxylation is 1. The van der Waals surface area contributed by atoms with E-state index < -0.39 is 0 Å². The molecule has 0 aliphatic heterocycles. The van der Waals surface area contributed by atoms with Crippen LogP contribution in [-0.4, -0.2) is 15.7 Å². The molecule has 1 heterocycles. The molecule has 24 heavy (non-hydrogen) atoms. The van der Waals surface area contributed by atoms with Crippen LogP contribution in [0.4, 0.5) is 4.39 Å². The highest BCUT2D eigenvalue weighted by atomic mass is 19.1. The number of carbonyl (C=O) groups is 1. The van der Waals surface area contributed by atoms with E-state index in [1.54, 1.807) is 0 Å². The normalized spacial score (nSPS) is 10.6.